The van der Waals surface area contributed by atoms with Crippen LogP contribution in [0.2, 0.25) is 0 Å². The van der Waals surface area contributed by atoms with Gasteiger partial charge in [0.25, 0.3) is 0 Å². The van der Waals surface area contributed by atoms with Crippen molar-refractivity contribution in [3.63, 3.8) is 0 Å². The molecular formula is C13H16N2OS. The van der Waals surface area contributed by atoms with Crippen molar-refractivity contribution in [2.45, 2.75) is 12.8 Å². The molecule has 0 unspecified atom stereocenters. The lowest BCUT2D eigenvalue weighted by Crippen LogP contribution is -2.05. The summed E-state index contributed by atoms with van der Waals surface area (Å²) in [5.41, 5.74) is 5.28. The van der Waals surface area contributed by atoms with E-state index in [4.69, 9.17) is 5.11 Å². The predicted molar refractivity (Wildman–Crippen MR) is 71.5 cm³/mol. The molecule has 0 bridgehead atoms. The molecule has 90 valence electrons. The van der Waals surface area contributed by atoms with Crippen LogP contribution in [0.15, 0.2) is 35.2 Å². The zero-order chi connectivity index (χ0) is 11.9. The number of hydrogen-bond acceptors (Lipinski definition) is 4. The summed E-state index contributed by atoms with van der Waals surface area (Å²) in [6.07, 6.45) is 1.67. The van der Waals surface area contributed by atoms with Crippen molar-refractivity contribution in [3.8, 4) is 0 Å². The van der Waals surface area contributed by atoms with Gasteiger partial charge in [-0.15, -0.1) is 11.3 Å². The molecule has 2 rings (SSSR count). The van der Waals surface area contributed by atoms with E-state index in [9.17, 15) is 0 Å². The van der Waals surface area contributed by atoms with E-state index in [2.05, 4.69) is 15.7 Å². The van der Waals surface area contributed by atoms with Gasteiger partial charge < -0.3 is 10.4 Å². The molecule has 0 aliphatic carbocycles. The van der Waals surface area contributed by atoms with Gasteiger partial charge in [0.15, 0.2) is 0 Å². The average Bonchev–Trinajstić information content (AvgIpc) is 2.85. The van der Waals surface area contributed by atoms with Crippen LogP contribution in [0.1, 0.15) is 11.3 Å². The average molecular weight is 248 g/mol. The maximum Gasteiger partial charge on any atom is 0.0794 e. The zero-order valence-electron chi connectivity index (χ0n) is 9.60. The first-order chi connectivity index (χ1) is 8.38. The number of hydrogen-bond donors (Lipinski definition) is 2. The molecule has 2 N–H and O–H groups in total. The van der Waals surface area contributed by atoms with Gasteiger partial charge >= 0.3 is 0 Å². The number of nitrogens with one attached hydrogen (secondary N) is 1. The summed E-state index contributed by atoms with van der Waals surface area (Å²) in [6, 6.07) is 8.18. The highest BCUT2D eigenvalue weighted by Crippen LogP contribution is 2.10. The van der Waals surface area contributed by atoms with Gasteiger partial charge in [-0.25, -0.2) is 4.98 Å². The maximum atomic E-state index is 8.81. The molecule has 4 heteroatoms. The molecule has 0 spiro atoms. The van der Waals surface area contributed by atoms with Crippen molar-refractivity contribution in [1.82, 2.24) is 4.98 Å². The van der Waals surface area contributed by atoms with Gasteiger partial charge in [-0.1, -0.05) is 12.1 Å². The Morgan fingerprint density at radius 1 is 1.18 bits per heavy atom. The van der Waals surface area contributed by atoms with E-state index in [0.717, 1.165) is 36.3 Å². The van der Waals surface area contributed by atoms with Crippen molar-refractivity contribution < 1.29 is 5.11 Å². The Hall–Kier alpha value is -1.39. The van der Waals surface area contributed by atoms with Gasteiger partial charge in [-0.3, -0.25) is 0 Å². The Kier molecular flexibility index (Phi) is 4.53. The van der Waals surface area contributed by atoms with E-state index in [1.165, 1.54) is 0 Å². The molecule has 3 nitrogen and oxygen atoms in total. The number of nitrogens with zero attached hydrogens (tertiary/aromatic N) is 1. The van der Waals surface area contributed by atoms with Gasteiger partial charge in [-0.05, 0) is 24.1 Å². The van der Waals surface area contributed by atoms with Gasteiger partial charge in [-0.2, -0.15) is 0 Å². The number of benzene rings is 1. The maximum absolute atomic E-state index is 8.81. The second kappa shape index (κ2) is 6.37. The first-order valence-electron chi connectivity index (χ1n) is 5.69. The number of anilines is 1. The third-order valence-electron chi connectivity index (χ3n) is 2.55. The highest BCUT2D eigenvalue weighted by molar-refractivity contribution is 7.07. The molecule has 1 heterocycles. The normalized spacial score (nSPS) is 10.4. The molecule has 0 saturated carbocycles. The van der Waals surface area contributed by atoms with E-state index >= 15 is 0 Å². The summed E-state index contributed by atoms with van der Waals surface area (Å²) in [7, 11) is 0. The lowest BCUT2D eigenvalue weighted by molar-refractivity contribution is 0.299. The molecule has 0 radical (unpaired) electrons. The Labute approximate surface area is 105 Å². The van der Waals surface area contributed by atoms with Crippen LogP contribution in [0.25, 0.3) is 0 Å². The first-order valence-corrected chi connectivity index (χ1v) is 6.63. The molecule has 0 aliphatic heterocycles. The van der Waals surface area contributed by atoms with Crippen LogP contribution < -0.4 is 5.32 Å². The number of aromatic nitrogens is 1. The van der Waals surface area contributed by atoms with E-state index in [1.807, 2.05) is 29.8 Å². The molecular weight excluding hydrogens is 232 g/mol. The Morgan fingerprint density at radius 2 is 2.00 bits per heavy atom. The summed E-state index contributed by atoms with van der Waals surface area (Å²) < 4.78 is 0. The molecule has 0 saturated heterocycles. The monoisotopic (exact) mass is 248 g/mol. The van der Waals surface area contributed by atoms with Crippen LogP contribution in [-0.2, 0) is 12.8 Å². The van der Waals surface area contributed by atoms with Crippen LogP contribution in [0.4, 0.5) is 5.69 Å². The summed E-state index contributed by atoms with van der Waals surface area (Å²) in [5.74, 6) is 0. The van der Waals surface area contributed by atoms with E-state index in [-0.39, 0.29) is 6.61 Å². The van der Waals surface area contributed by atoms with Crippen molar-refractivity contribution in [2.75, 3.05) is 18.5 Å². The highest BCUT2D eigenvalue weighted by atomic mass is 32.1. The molecule has 2 aromatic rings. The quantitative estimate of drug-likeness (QED) is 0.824. The van der Waals surface area contributed by atoms with Gasteiger partial charge in [0.2, 0.25) is 0 Å². The van der Waals surface area contributed by atoms with Crippen LogP contribution in [0.3, 0.4) is 0 Å². The molecule has 17 heavy (non-hydrogen) atoms. The standard InChI is InChI=1S/C13H16N2OS/c16-8-6-11-1-3-12(4-2-11)14-7-5-13-9-17-10-15-13/h1-4,9-10,14,16H,5-8H2. The fourth-order valence-electron chi connectivity index (χ4n) is 1.61. The number of rotatable bonds is 6. The smallest absolute Gasteiger partial charge is 0.0794 e. The third kappa shape index (κ3) is 3.84. The van der Waals surface area contributed by atoms with Gasteiger partial charge in [0.1, 0.15) is 0 Å². The molecule has 0 aliphatic rings. The summed E-state index contributed by atoms with van der Waals surface area (Å²) >= 11 is 1.63. The minimum absolute atomic E-state index is 0.205. The Morgan fingerprint density at radius 3 is 2.65 bits per heavy atom. The van der Waals surface area contributed by atoms with Gasteiger partial charge in [0, 0.05) is 30.6 Å². The Bertz CT molecular complexity index is 425. The van der Waals surface area contributed by atoms with Crippen molar-refractivity contribution in [1.29, 1.82) is 0 Å². The van der Waals surface area contributed by atoms with Crippen LogP contribution in [0.5, 0.6) is 0 Å². The van der Waals surface area contributed by atoms with Crippen LogP contribution in [-0.4, -0.2) is 23.2 Å². The minimum Gasteiger partial charge on any atom is -0.396 e. The first kappa shape index (κ1) is 12.1. The largest absolute Gasteiger partial charge is 0.396 e. The molecule has 0 amide bonds. The lowest BCUT2D eigenvalue weighted by Gasteiger charge is -2.06. The number of aliphatic hydroxyl groups is 1. The third-order valence-corrected chi connectivity index (χ3v) is 3.18. The number of aliphatic hydroxyl groups excluding tert-OH is 1. The molecule has 1 aromatic carbocycles. The summed E-state index contributed by atoms with van der Waals surface area (Å²) in [5, 5.41) is 14.2. The van der Waals surface area contributed by atoms with E-state index in [0.29, 0.717) is 0 Å². The van der Waals surface area contributed by atoms with Crippen LogP contribution >= 0.6 is 11.3 Å². The fraction of sp³-hybridized carbons (Fsp3) is 0.308. The zero-order valence-corrected chi connectivity index (χ0v) is 10.4. The van der Waals surface area contributed by atoms with Crippen molar-refractivity contribution in [2.24, 2.45) is 0 Å². The summed E-state index contributed by atoms with van der Waals surface area (Å²) in [4.78, 5) is 4.24. The second-order valence-electron chi connectivity index (χ2n) is 3.83. The fourth-order valence-corrected chi connectivity index (χ4v) is 2.21. The Balaban J connectivity index is 1.79. The molecule has 0 fully saturated rings. The highest BCUT2D eigenvalue weighted by Gasteiger charge is 1.96. The number of thiazole rings is 1. The van der Waals surface area contributed by atoms with Crippen LogP contribution in [0, 0.1) is 0 Å². The van der Waals surface area contributed by atoms with Gasteiger partial charge in [0.05, 0.1) is 11.2 Å². The van der Waals surface area contributed by atoms with E-state index in [1.54, 1.807) is 11.3 Å². The summed E-state index contributed by atoms with van der Waals surface area (Å²) in [6.45, 7) is 1.10. The van der Waals surface area contributed by atoms with Crippen molar-refractivity contribution in [3.05, 3.63) is 46.4 Å². The molecule has 1 aromatic heterocycles. The topological polar surface area (TPSA) is 45.1 Å². The SMILES string of the molecule is OCCc1ccc(NCCc2cscn2)cc1. The van der Waals surface area contributed by atoms with Crippen molar-refractivity contribution >= 4 is 17.0 Å². The molecule has 0 atom stereocenters. The lowest BCUT2D eigenvalue weighted by atomic mass is 10.1. The minimum atomic E-state index is 0.205. The van der Waals surface area contributed by atoms with E-state index < -0.39 is 0 Å². The predicted octanol–water partition coefficient (Wildman–Crippen LogP) is 2.33. The second-order valence-corrected chi connectivity index (χ2v) is 4.55.